The van der Waals surface area contributed by atoms with E-state index in [2.05, 4.69) is 18.2 Å². The lowest BCUT2D eigenvalue weighted by Crippen LogP contribution is -2.27. The molecule has 0 aliphatic heterocycles. The summed E-state index contributed by atoms with van der Waals surface area (Å²) in [5, 5.41) is 9.30. The predicted octanol–water partition coefficient (Wildman–Crippen LogP) is 3.41. The van der Waals surface area contributed by atoms with Crippen molar-refractivity contribution in [2.75, 3.05) is 13.2 Å². The van der Waals surface area contributed by atoms with Crippen LogP contribution in [0.3, 0.4) is 0 Å². The molecular formula is C19H29NO. The van der Waals surface area contributed by atoms with Crippen molar-refractivity contribution in [3.8, 4) is 0 Å². The van der Waals surface area contributed by atoms with Gasteiger partial charge in [0.2, 0.25) is 0 Å². The zero-order chi connectivity index (χ0) is 14.7. The maximum Gasteiger partial charge on any atom is 0.0459 e. The molecule has 0 spiro atoms. The molecule has 0 amide bonds. The average Bonchev–Trinajstić information content (AvgIpc) is 2.56. The number of aliphatic hydroxyl groups is 1. The lowest BCUT2D eigenvalue weighted by molar-refractivity contribution is 0.158. The van der Waals surface area contributed by atoms with E-state index >= 15 is 0 Å². The summed E-state index contributed by atoms with van der Waals surface area (Å²) in [4.78, 5) is 0. The smallest absolute Gasteiger partial charge is 0.0459 e. The Kier molecular flexibility index (Phi) is 4.97. The molecule has 3 N–H and O–H groups in total. The minimum atomic E-state index is 0.360. The van der Waals surface area contributed by atoms with E-state index in [0.717, 1.165) is 6.54 Å². The predicted molar refractivity (Wildman–Crippen MR) is 87.4 cm³/mol. The van der Waals surface area contributed by atoms with E-state index in [-0.39, 0.29) is 0 Å². The SMILES string of the molecule is NCC(c1ccc2c(c1)CCCC2)C1CCC(CO)CC1. The first-order valence-corrected chi connectivity index (χ1v) is 8.74. The molecular weight excluding hydrogens is 258 g/mol. The molecule has 0 aromatic heterocycles. The minimum absolute atomic E-state index is 0.360. The van der Waals surface area contributed by atoms with Crippen LogP contribution in [0.2, 0.25) is 0 Å². The first-order chi connectivity index (χ1) is 10.3. The van der Waals surface area contributed by atoms with Gasteiger partial charge in [-0.05, 0) is 92.4 Å². The molecule has 1 atom stereocenters. The number of rotatable bonds is 4. The molecule has 0 saturated heterocycles. The molecule has 1 saturated carbocycles. The number of fused-ring (bicyclic) bond motifs is 1. The largest absolute Gasteiger partial charge is 0.396 e. The third-order valence-electron chi connectivity index (χ3n) is 5.77. The molecule has 21 heavy (non-hydrogen) atoms. The van der Waals surface area contributed by atoms with Crippen molar-refractivity contribution in [2.45, 2.75) is 57.3 Å². The summed E-state index contributed by atoms with van der Waals surface area (Å²) in [6.45, 7) is 1.12. The summed E-state index contributed by atoms with van der Waals surface area (Å²) in [6.07, 6.45) is 9.98. The Hall–Kier alpha value is -0.860. The van der Waals surface area contributed by atoms with Gasteiger partial charge in [-0.3, -0.25) is 0 Å². The lowest BCUT2D eigenvalue weighted by Gasteiger charge is -2.33. The Labute approximate surface area is 128 Å². The van der Waals surface area contributed by atoms with Crippen molar-refractivity contribution < 1.29 is 5.11 Å². The zero-order valence-corrected chi connectivity index (χ0v) is 13.1. The van der Waals surface area contributed by atoms with Crippen molar-refractivity contribution in [3.63, 3.8) is 0 Å². The highest BCUT2D eigenvalue weighted by molar-refractivity contribution is 5.36. The first kappa shape index (κ1) is 15.1. The Morgan fingerprint density at radius 2 is 1.76 bits per heavy atom. The first-order valence-electron chi connectivity index (χ1n) is 8.74. The highest BCUT2D eigenvalue weighted by Crippen LogP contribution is 2.38. The van der Waals surface area contributed by atoms with E-state index in [1.54, 1.807) is 11.1 Å². The summed E-state index contributed by atoms with van der Waals surface area (Å²) in [7, 11) is 0. The minimum Gasteiger partial charge on any atom is -0.396 e. The number of aliphatic hydroxyl groups excluding tert-OH is 1. The molecule has 1 aromatic rings. The second-order valence-electron chi connectivity index (χ2n) is 7.04. The number of hydrogen-bond acceptors (Lipinski definition) is 2. The van der Waals surface area contributed by atoms with Crippen LogP contribution in [0.15, 0.2) is 18.2 Å². The molecule has 1 fully saturated rings. The Balaban J connectivity index is 1.74. The Bertz CT molecular complexity index is 463. The van der Waals surface area contributed by atoms with Crippen LogP contribution in [0.25, 0.3) is 0 Å². The van der Waals surface area contributed by atoms with Gasteiger partial charge in [0.1, 0.15) is 0 Å². The van der Waals surface area contributed by atoms with Crippen molar-refractivity contribution in [1.29, 1.82) is 0 Å². The molecule has 2 aliphatic rings. The van der Waals surface area contributed by atoms with Gasteiger partial charge >= 0.3 is 0 Å². The highest BCUT2D eigenvalue weighted by Gasteiger charge is 2.28. The van der Waals surface area contributed by atoms with Crippen LogP contribution in [0.4, 0.5) is 0 Å². The van der Waals surface area contributed by atoms with Gasteiger partial charge in [-0.25, -0.2) is 0 Å². The van der Waals surface area contributed by atoms with Gasteiger partial charge in [-0.15, -0.1) is 0 Å². The third kappa shape index (κ3) is 3.32. The summed E-state index contributed by atoms with van der Waals surface area (Å²) in [6, 6.07) is 7.13. The van der Waals surface area contributed by atoms with Crippen LogP contribution in [0.1, 0.15) is 61.1 Å². The van der Waals surface area contributed by atoms with Gasteiger partial charge in [0, 0.05) is 6.61 Å². The average molecular weight is 287 g/mol. The second kappa shape index (κ2) is 6.93. The molecule has 2 heteroatoms. The zero-order valence-electron chi connectivity index (χ0n) is 13.1. The Morgan fingerprint density at radius 1 is 1.05 bits per heavy atom. The standard InChI is InChI=1S/C19H29NO/c20-12-19(16-7-5-14(13-21)6-8-16)18-10-9-15-3-1-2-4-17(15)11-18/h9-11,14,16,19,21H,1-8,12-13,20H2. The number of benzene rings is 1. The van der Waals surface area contributed by atoms with Crippen LogP contribution in [-0.4, -0.2) is 18.3 Å². The summed E-state index contributed by atoms with van der Waals surface area (Å²) in [5.41, 5.74) is 10.7. The second-order valence-corrected chi connectivity index (χ2v) is 7.04. The molecule has 1 unspecified atom stereocenters. The Morgan fingerprint density at radius 3 is 2.43 bits per heavy atom. The molecule has 0 radical (unpaired) electrons. The van der Waals surface area contributed by atoms with Crippen molar-refractivity contribution in [2.24, 2.45) is 17.6 Å². The topological polar surface area (TPSA) is 46.2 Å². The lowest BCUT2D eigenvalue weighted by atomic mass is 9.73. The number of nitrogens with two attached hydrogens (primary N) is 1. The van der Waals surface area contributed by atoms with E-state index in [1.807, 2.05) is 0 Å². The van der Waals surface area contributed by atoms with Gasteiger partial charge in [0.25, 0.3) is 0 Å². The van der Waals surface area contributed by atoms with Gasteiger partial charge in [0.15, 0.2) is 0 Å². The summed E-state index contributed by atoms with van der Waals surface area (Å²) >= 11 is 0. The normalized spacial score (nSPS) is 27.1. The van der Waals surface area contributed by atoms with Gasteiger partial charge in [-0.2, -0.15) is 0 Å². The fraction of sp³-hybridized carbons (Fsp3) is 0.684. The van der Waals surface area contributed by atoms with E-state index in [0.29, 0.717) is 24.4 Å². The van der Waals surface area contributed by atoms with E-state index in [4.69, 9.17) is 5.73 Å². The maximum absolute atomic E-state index is 9.30. The number of aryl methyl sites for hydroxylation is 2. The van der Waals surface area contributed by atoms with Crippen LogP contribution >= 0.6 is 0 Å². The van der Waals surface area contributed by atoms with E-state index in [1.165, 1.54) is 56.9 Å². The molecule has 116 valence electrons. The van der Waals surface area contributed by atoms with Crippen LogP contribution < -0.4 is 5.73 Å². The van der Waals surface area contributed by atoms with Crippen molar-refractivity contribution >= 4 is 0 Å². The maximum atomic E-state index is 9.30. The third-order valence-corrected chi connectivity index (χ3v) is 5.77. The number of hydrogen-bond donors (Lipinski definition) is 2. The van der Waals surface area contributed by atoms with Gasteiger partial charge in [-0.1, -0.05) is 18.2 Å². The molecule has 3 rings (SSSR count). The molecule has 2 aliphatic carbocycles. The fourth-order valence-electron chi connectivity index (χ4n) is 4.36. The summed E-state index contributed by atoms with van der Waals surface area (Å²) < 4.78 is 0. The summed E-state index contributed by atoms with van der Waals surface area (Å²) in [5.74, 6) is 1.75. The quantitative estimate of drug-likeness (QED) is 0.891. The van der Waals surface area contributed by atoms with Crippen molar-refractivity contribution in [1.82, 2.24) is 0 Å². The van der Waals surface area contributed by atoms with Crippen molar-refractivity contribution in [3.05, 3.63) is 34.9 Å². The van der Waals surface area contributed by atoms with E-state index in [9.17, 15) is 5.11 Å². The monoisotopic (exact) mass is 287 g/mol. The van der Waals surface area contributed by atoms with Crippen LogP contribution in [-0.2, 0) is 12.8 Å². The van der Waals surface area contributed by atoms with Crippen LogP contribution in [0, 0.1) is 11.8 Å². The van der Waals surface area contributed by atoms with Gasteiger partial charge in [0.05, 0.1) is 0 Å². The molecule has 0 heterocycles. The van der Waals surface area contributed by atoms with Crippen LogP contribution in [0.5, 0.6) is 0 Å². The molecule has 2 nitrogen and oxygen atoms in total. The molecule has 1 aromatic carbocycles. The van der Waals surface area contributed by atoms with Gasteiger partial charge < -0.3 is 10.8 Å². The highest BCUT2D eigenvalue weighted by atomic mass is 16.3. The van der Waals surface area contributed by atoms with E-state index < -0.39 is 0 Å². The molecule has 0 bridgehead atoms. The fourth-order valence-corrected chi connectivity index (χ4v) is 4.36.